The molecule has 6 nitrogen and oxygen atoms in total. The van der Waals surface area contributed by atoms with E-state index in [2.05, 4.69) is 20.7 Å². The second-order valence-corrected chi connectivity index (χ2v) is 7.62. The lowest BCUT2D eigenvalue weighted by Crippen LogP contribution is -2.43. The summed E-state index contributed by atoms with van der Waals surface area (Å²) >= 11 is 3.32. The first-order valence-electron chi connectivity index (χ1n) is 6.68. The van der Waals surface area contributed by atoms with Crippen LogP contribution in [-0.2, 0) is 10.2 Å². The molecular formula is C13H19BrN2O4S. The maximum atomic E-state index is 12.4. The molecule has 1 aromatic rings. The topological polar surface area (TPSA) is 78.9 Å². The Bertz CT molecular complexity index is 594. The molecule has 1 aliphatic heterocycles. The third kappa shape index (κ3) is 4.32. The van der Waals surface area contributed by atoms with Crippen molar-refractivity contribution >= 4 is 31.8 Å². The van der Waals surface area contributed by atoms with Crippen molar-refractivity contribution < 1.29 is 18.3 Å². The van der Waals surface area contributed by atoms with Crippen LogP contribution in [-0.4, -0.2) is 44.6 Å². The molecule has 2 rings (SSSR count). The molecule has 0 aromatic heterocycles. The second-order valence-electron chi connectivity index (χ2n) is 5.04. The molecule has 1 saturated heterocycles. The Morgan fingerprint density at radius 3 is 2.90 bits per heavy atom. The van der Waals surface area contributed by atoms with Gasteiger partial charge in [-0.2, -0.15) is 12.7 Å². The van der Waals surface area contributed by atoms with E-state index >= 15 is 0 Å². The Morgan fingerprint density at radius 2 is 2.24 bits per heavy atom. The summed E-state index contributed by atoms with van der Waals surface area (Å²) in [6.07, 6.45) is 1.61. The normalized spacial score (nSPS) is 20.2. The van der Waals surface area contributed by atoms with Gasteiger partial charge in [0, 0.05) is 30.2 Å². The SMILES string of the molecule is COc1cc(Br)cc(NS(=O)(=O)N2CCCC(CO)C2)c1. The molecule has 118 valence electrons. The first-order chi connectivity index (χ1) is 9.94. The molecule has 0 saturated carbocycles. The van der Waals surface area contributed by atoms with Crippen molar-refractivity contribution in [2.24, 2.45) is 5.92 Å². The summed E-state index contributed by atoms with van der Waals surface area (Å²) in [6.45, 7) is 0.824. The number of methoxy groups -OCH3 is 1. The van der Waals surface area contributed by atoms with Crippen molar-refractivity contribution in [1.29, 1.82) is 0 Å². The smallest absolute Gasteiger partial charge is 0.301 e. The largest absolute Gasteiger partial charge is 0.497 e. The summed E-state index contributed by atoms with van der Waals surface area (Å²) < 4.78 is 34.6. The zero-order chi connectivity index (χ0) is 15.5. The van der Waals surface area contributed by atoms with E-state index in [9.17, 15) is 13.5 Å². The molecule has 0 radical (unpaired) electrons. The van der Waals surface area contributed by atoms with Gasteiger partial charge in [-0.1, -0.05) is 15.9 Å². The molecule has 21 heavy (non-hydrogen) atoms. The van der Waals surface area contributed by atoms with Gasteiger partial charge in [-0.05, 0) is 30.9 Å². The molecule has 1 atom stereocenters. The molecule has 0 aliphatic carbocycles. The van der Waals surface area contributed by atoms with Gasteiger partial charge in [0.2, 0.25) is 0 Å². The number of halogens is 1. The summed E-state index contributed by atoms with van der Waals surface area (Å²) in [5.74, 6) is 0.571. The van der Waals surface area contributed by atoms with Crippen LogP contribution in [0.4, 0.5) is 5.69 Å². The van der Waals surface area contributed by atoms with Gasteiger partial charge >= 0.3 is 10.2 Å². The number of hydrogen-bond acceptors (Lipinski definition) is 4. The molecule has 2 N–H and O–H groups in total. The Morgan fingerprint density at radius 1 is 1.48 bits per heavy atom. The Kier molecular flexibility index (Phi) is 5.48. The van der Waals surface area contributed by atoms with Gasteiger partial charge < -0.3 is 9.84 Å². The van der Waals surface area contributed by atoms with E-state index in [4.69, 9.17) is 4.74 Å². The van der Waals surface area contributed by atoms with Crippen molar-refractivity contribution in [1.82, 2.24) is 4.31 Å². The number of aliphatic hydroxyl groups is 1. The number of ether oxygens (including phenoxy) is 1. The van der Waals surface area contributed by atoms with E-state index in [0.29, 0.717) is 24.5 Å². The van der Waals surface area contributed by atoms with E-state index in [1.807, 2.05) is 0 Å². The van der Waals surface area contributed by atoms with Crippen molar-refractivity contribution in [3.05, 3.63) is 22.7 Å². The number of aliphatic hydroxyl groups excluding tert-OH is 1. The summed E-state index contributed by atoms with van der Waals surface area (Å²) in [4.78, 5) is 0. The van der Waals surface area contributed by atoms with E-state index in [0.717, 1.165) is 17.3 Å². The van der Waals surface area contributed by atoms with Crippen molar-refractivity contribution in [2.45, 2.75) is 12.8 Å². The van der Waals surface area contributed by atoms with Crippen LogP contribution in [0, 0.1) is 5.92 Å². The van der Waals surface area contributed by atoms with Gasteiger partial charge in [0.1, 0.15) is 5.75 Å². The van der Waals surface area contributed by atoms with Crippen LogP contribution in [0.1, 0.15) is 12.8 Å². The standard InChI is InChI=1S/C13H19BrN2O4S/c1-20-13-6-11(14)5-12(7-13)15-21(18,19)16-4-2-3-10(8-16)9-17/h5-7,10,15,17H,2-4,8-9H2,1H3. The minimum Gasteiger partial charge on any atom is -0.497 e. The molecule has 1 fully saturated rings. The summed E-state index contributed by atoms with van der Waals surface area (Å²) in [7, 11) is -2.10. The average Bonchev–Trinajstić information content (AvgIpc) is 2.46. The Balaban J connectivity index is 2.15. The van der Waals surface area contributed by atoms with E-state index in [-0.39, 0.29) is 12.5 Å². The fourth-order valence-corrected chi connectivity index (χ4v) is 4.14. The van der Waals surface area contributed by atoms with E-state index in [1.54, 1.807) is 18.2 Å². The number of nitrogens with zero attached hydrogens (tertiary/aromatic N) is 1. The first-order valence-corrected chi connectivity index (χ1v) is 8.91. The van der Waals surface area contributed by atoms with Gasteiger partial charge in [-0.15, -0.1) is 0 Å². The lowest BCUT2D eigenvalue weighted by molar-refractivity contribution is 0.166. The fraction of sp³-hybridized carbons (Fsp3) is 0.538. The summed E-state index contributed by atoms with van der Waals surface area (Å²) in [6, 6.07) is 5.05. The lowest BCUT2D eigenvalue weighted by atomic mass is 10.0. The van der Waals surface area contributed by atoms with Crippen LogP contribution >= 0.6 is 15.9 Å². The molecule has 0 amide bonds. The Hall–Kier alpha value is -0.830. The van der Waals surface area contributed by atoms with Crippen LogP contribution in [0.25, 0.3) is 0 Å². The zero-order valence-electron chi connectivity index (χ0n) is 11.8. The van der Waals surface area contributed by atoms with Gasteiger partial charge in [-0.25, -0.2) is 0 Å². The van der Waals surface area contributed by atoms with Crippen molar-refractivity contribution in [3.8, 4) is 5.75 Å². The van der Waals surface area contributed by atoms with Crippen LogP contribution in [0.3, 0.4) is 0 Å². The average molecular weight is 379 g/mol. The molecule has 1 aromatic carbocycles. The minimum atomic E-state index is -3.63. The van der Waals surface area contributed by atoms with Gasteiger partial charge in [0.15, 0.2) is 0 Å². The number of nitrogens with one attached hydrogen (secondary N) is 1. The van der Waals surface area contributed by atoms with Crippen LogP contribution in [0.5, 0.6) is 5.75 Å². The highest BCUT2D eigenvalue weighted by molar-refractivity contribution is 9.10. The number of hydrogen-bond donors (Lipinski definition) is 2. The van der Waals surface area contributed by atoms with Crippen LogP contribution < -0.4 is 9.46 Å². The minimum absolute atomic E-state index is 0.00682. The molecule has 1 heterocycles. The van der Waals surface area contributed by atoms with Crippen LogP contribution in [0.2, 0.25) is 0 Å². The van der Waals surface area contributed by atoms with E-state index in [1.165, 1.54) is 11.4 Å². The highest BCUT2D eigenvalue weighted by Crippen LogP contribution is 2.26. The molecule has 8 heteroatoms. The maximum absolute atomic E-state index is 12.4. The van der Waals surface area contributed by atoms with Crippen molar-refractivity contribution in [3.63, 3.8) is 0 Å². The number of benzene rings is 1. The fourth-order valence-electron chi connectivity index (χ4n) is 2.35. The van der Waals surface area contributed by atoms with Gasteiger partial charge in [0.25, 0.3) is 0 Å². The number of piperidine rings is 1. The number of rotatable bonds is 5. The summed E-state index contributed by atoms with van der Waals surface area (Å²) in [5, 5.41) is 9.20. The van der Waals surface area contributed by atoms with Crippen LogP contribution in [0.15, 0.2) is 22.7 Å². The molecule has 0 bridgehead atoms. The number of anilines is 1. The first kappa shape index (κ1) is 16.5. The monoisotopic (exact) mass is 378 g/mol. The van der Waals surface area contributed by atoms with Gasteiger partial charge in [-0.3, -0.25) is 4.72 Å². The maximum Gasteiger partial charge on any atom is 0.301 e. The second kappa shape index (κ2) is 6.95. The molecule has 0 spiro atoms. The molecule has 1 aliphatic rings. The predicted molar refractivity (Wildman–Crippen MR) is 84.6 cm³/mol. The van der Waals surface area contributed by atoms with Crippen molar-refractivity contribution in [2.75, 3.05) is 31.5 Å². The predicted octanol–water partition coefficient (Wildman–Crippen LogP) is 1.82. The quantitative estimate of drug-likeness (QED) is 0.818. The highest BCUT2D eigenvalue weighted by atomic mass is 79.9. The van der Waals surface area contributed by atoms with Gasteiger partial charge in [0.05, 0.1) is 12.8 Å². The molecule has 1 unspecified atom stereocenters. The summed E-state index contributed by atoms with van der Waals surface area (Å²) in [5.41, 5.74) is 0.437. The third-order valence-corrected chi connectivity index (χ3v) is 5.40. The molecular weight excluding hydrogens is 360 g/mol. The third-order valence-electron chi connectivity index (χ3n) is 3.43. The highest BCUT2D eigenvalue weighted by Gasteiger charge is 2.28. The zero-order valence-corrected chi connectivity index (χ0v) is 14.2. The van der Waals surface area contributed by atoms with E-state index < -0.39 is 10.2 Å². The Labute approximate surface area is 133 Å². The lowest BCUT2D eigenvalue weighted by Gasteiger charge is -2.31.